The Kier molecular flexibility index (Phi) is 19.8. The summed E-state index contributed by atoms with van der Waals surface area (Å²) >= 11 is 0. The Bertz CT molecular complexity index is 1780. The highest BCUT2D eigenvalue weighted by Crippen LogP contribution is 2.32. The fraction of sp³-hybridized carbons (Fsp3) is 0.727. The molecule has 2 saturated heterocycles. The summed E-state index contributed by atoms with van der Waals surface area (Å²) in [5.41, 5.74) is 10.3. The van der Waals surface area contributed by atoms with Gasteiger partial charge in [0.1, 0.15) is 11.6 Å². The molecule has 4 fully saturated rings. The molecule has 20 nitrogen and oxygen atoms in total. The predicted octanol–water partition coefficient (Wildman–Crippen LogP) is 3.61. The number of amides is 4. The molecule has 66 heavy (non-hydrogen) atoms. The Hall–Kier alpha value is -5.06. The van der Waals surface area contributed by atoms with Crippen molar-refractivity contribution in [3.63, 3.8) is 0 Å². The molecule has 0 unspecified atom stereocenters. The monoisotopic (exact) mass is 931 g/mol. The molecule has 6 rings (SSSR count). The van der Waals surface area contributed by atoms with Gasteiger partial charge in [0, 0.05) is 64.2 Å². The third-order valence-corrected chi connectivity index (χ3v) is 13.5. The lowest BCUT2D eigenvalue weighted by Crippen LogP contribution is -2.50. The summed E-state index contributed by atoms with van der Waals surface area (Å²) in [6, 6.07) is 0.509. The Labute approximate surface area is 387 Å². The van der Waals surface area contributed by atoms with Crippen LogP contribution < -0.4 is 31.5 Å². The van der Waals surface area contributed by atoms with Gasteiger partial charge in [0.05, 0.1) is 24.9 Å². The number of likely N-dealkylation sites (N-methyl/N-ethyl adjacent to an activating group) is 2. The van der Waals surface area contributed by atoms with Gasteiger partial charge in [-0.05, 0) is 52.6 Å². The standard InChI is InChI=1S/2C22H36FN7O3/c2*1-4-18-24-20(19(23)21(25-18)29-10-9-28(3)15(2)12-29)26-27-22(32)17(13-30(33)14-31)11-16-7-5-6-8-16/h2*14-17,33H,4-13H2,1-3H3,(H,27,32)(H,24,25,26)/t2*15-,17+/m00/s1. The zero-order chi connectivity index (χ0) is 47.9. The quantitative estimate of drug-likeness (QED) is 0.0634. The zero-order valence-corrected chi connectivity index (χ0v) is 39.5. The van der Waals surface area contributed by atoms with Gasteiger partial charge in [-0.25, -0.2) is 30.1 Å². The van der Waals surface area contributed by atoms with E-state index in [0.29, 0.717) is 85.5 Å². The largest absolute Gasteiger partial charge is 0.351 e. The first-order chi connectivity index (χ1) is 31.6. The maximum absolute atomic E-state index is 15.4. The number of carbonyl (C=O) groups is 4. The minimum Gasteiger partial charge on any atom is -0.351 e. The van der Waals surface area contributed by atoms with Crippen LogP contribution in [0.4, 0.5) is 32.1 Å². The van der Waals surface area contributed by atoms with Gasteiger partial charge in [0.25, 0.3) is 0 Å². The number of hydrogen-bond donors (Lipinski definition) is 6. The second-order valence-electron chi connectivity index (χ2n) is 18.4. The normalized spacial score (nSPS) is 20.5. The number of piperazine rings is 2. The van der Waals surface area contributed by atoms with E-state index >= 15 is 8.78 Å². The molecule has 2 saturated carbocycles. The van der Waals surface area contributed by atoms with E-state index in [4.69, 9.17) is 0 Å². The molecule has 2 aromatic heterocycles. The number of aryl methyl sites for hydroxylation is 2. The van der Waals surface area contributed by atoms with E-state index in [2.05, 4.69) is 65.3 Å². The van der Waals surface area contributed by atoms with Gasteiger partial charge in [0.2, 0.25) is 36.3 Å². The van der Waals surface area contributed by atoms with Crippen molar-refractivity contribution in [2.75, 3.05) is 87.1 Å². The molecule has 6 N–H and O–H groups in total. The molecule has 0 aromatic carbocycles. The molecular formula is C44H72F2N14O6. The van der Waals surface area contributed by atoms with Gasteiger partial charge in [0.15, 0.2) is 23.3 Å². The van der Waals surface area contributed by atoms with Crippen molar-refractivity contribution in [3.05, 3.63) is 23.3 Å². The highest BCUT2D eigenvalue weighted by atomic mass is 19.1. The molecule has 2 aromatic rings. The molecule has 4 amide bonds. The van der Waals surface area contributed by atoms with Crippen molar-refractivity contribution in [2.45, 2.75) is 117 Å². The molecule has 0 bridgehead atoms. The summed E-state index contributed by atoms with van der Waals surface area (Å²) in [4.78, 5) is 73.0. The number of hydrazine groups is 2. The van der Waals surface area contributed by atoms with Gasteiger partial charge in [-0.3, -0.25) is 51.3 Å². The Morgan fingerprint density at radius 3 is 1.35 bits per heavy atom. The summed E-state index contributed by atoms with van der Waals surface area (Å²) in [6.45, 7) is 11.9. The second kappa shape index (κ2) is 25.2. The molecule has 2 aliphatic carbocycles. The highest BCUT2D eigenvalue weighted by Gasteiger charge is 2.31. The van der Waals surface area contributed by atoms with Crippen molar-refractivity contribution < 1.29 is 38.4 Å². The number of halogens is 2. The Morgan fingerprint density at radius 1 is 0.667 bits per heavy atom. The van der Waals surface area contributed by atoms with E-state index < -0.39 is 35.3 Å². The molecule has 0 spiro atoms. The summed E-state index contributed by atoms with van der Waals surface area (Å²) in [5, 5.41) is 20.2. The first-order valence-corrected chi connectivity index (χ1v) is 23.6. The van der Waals surface area contributed by atoms with Crippen LogP contribution in [0.1, 0.15) is 104 Å². The number of nitrogens with one attached hydrogen (secondary N) is 4. The summed E-state index contributed by atoms with van der Waals surface area (Å²) in [6.07, 6.45) is 11.3. The van der Waals surface area contributed by atoms with Gasteiger partial charge >= 0.3 is 0 Å². The van der Waals surface area contributed by atoms with Crippen LogP contribution in [0.2, 0.25) is 0 Å². The van der Waals surface area contributed by atoms with E-state index in [1.165, 1.54) is 0 Å². The van der Waals surface area contributed by atoms with E-state index in [1.807, 2.05) is 37.7 Å². The topological polar surface area (TPSA) is 228 Å². The number of aromatic nitrogens is 4. The first kappa shape index (κ1) is 51.9. The van der Waals surface area contributed by atoms with Crippen LogP contribution in [0.25, 0.3) is 0 Å². The predicted molar refractivity (Wildman–Crippen MR) is 244 cm³/mol. The van der Waals surface area contributed by atoms with E-state index in [0.717, 1.165) is 64.5 Å². The van der Waals surface area contributed by atoms with Gasteiger partial charge in [-0.2, -0.15) is 8.78 Å². The van der Waals surface area contributed by atoms with Crippen molar-refractivity contribution in [2.24, 2.45) is 23.7 Å². The smallest absolute Gasteiger partial charge is 0.243 e. The van der Waals surface area contributed by atoms with Crippen LogP contribution in [0, 0.1) is 35.3 Å². The van der Waals surface area contributed by atoms with E-state index in [-0.39, 0.29) is 61.3 Å². The van der Waals surface area contributed by atoms with Gasteiger partial charge < -0.3 is 19.6 Å². The van der Waals surface area contributed by atoms with E-state index in [9.17, 15) is 29.6 Å². The lowest BCUT2D eigenvalue weighted by Gasteiger charge is -2.38. The fourth-order valence-corrected chi connectivity index (χ4v) is 9.15. The molecule has 4 atom stereocenters. The third-order valence-electron chi connectivity index (χ3n) is 13.5. The van der Waals surface area contributed by atoms with Crippen molar-refractivity contribution >= 4 is 47.9 Å². The van der Waals surface area contributed by atoms with Crippen molar-refractivity contribution in [1.29, 1.82) is 0 Å². The number of carbonyl (C=O) groups excluding carboxylic acids is 4. The SMILES string of the molecule is CCc1nc(NNC(=O)[C@H](CC2CCCC2)CN(O)C=O)c(F)c(N2CCN(C)[C@@H](C)C2)n1.CCc1nc(NNC(=O)[C@H](CC2CCCC2)CN(O)C=O)c(F)c(N2CCN(C)[C@@H](C)C2)n1. The summed E-state index contributed by atoms with van der Waals surface area (Å²) in [7, 11) is 4.08. The fourth-order valence-electron chi connectivity index (χ4n) is 9.15. The molecule has 22 heteroatoms. The van der Waals surface area contributed by atoms with Crippen LogP contribution >= 0.6 is 0 Å². The van der Waals surface area contributed by atoms with Crippen LogP contribution in [0.3, 0.4) is 0 Å². The lowest BCUT2D eigenvalue weighted by molar-refractivity contribution is -0.155. The van der Waals surface area contributed by atoms with Gasteiger partial charge in [-0.1, -0.05) is 65.2 Å². The van der Waals surface area contributed by atoms with Crippen LogP contribution in [0.15, 0.2) is 0 Å². The third kappa shape index (κ3) is 14.5. The van der Waals surface area contributed by atoms with Crippen molar-refractivity contribution in [3.8, 4) is 0 Å². The summed E-state index contributed by atoms with van der Waals surface area (Å²) in [5.74, 6) is -1.37. The number of rotatable bonds is 20. The van der Waals surface area contributed by atoms with Crippen LogP contribution in [0.5, 0.6) is 0 Å². The maximum Gasteiger partial charge on any atom is 0.243 e. The molecule has 4 aliphatic rings. The second-order valence-corrected chi connectivity index (χ2v) is 18.4. The maximum atomic E-state index is 15.4. The average molecular weight is 931 g/mol. The average Bonchev–Trinajstić information content (AvgIpc) is 4.05. The zero-order valence-electron chi connectivity index (χ0n) is 39.5. The Morgan fingerprint density at radius 2 is 1.03 bits per heavy atom. The Balaban J connectivity index is 0.000000247. The number of anilines is 4. The molecular weight excluding hydrogens is 859 g/mol. The number of hydrogen-bond acceptors (Lipinski definition) is 16. The minimum absolute atomic E-state index is 0.0901. The molecule has 2 aliphatic heterocycles. The van der Waals surface area contributed by atoms with Gasteiger partial charge in [-0.15, -0.1) is 0 Å². The molecule has 4 heterocycles. The summed E-state index contributed by atoms with van der Waals surface area (Å²) < 4.78 is 30.7. The van der Waals surface area contributed by atoms with E-state index in [1.54, 1.807) is 0 Å². The number of hydroxylamine groups is 4. The van der Waals surface area contributed by atoms with Crippen LogP contribution in [-0.2, 0) is 32.0 Å². The van der Waals surface area contributed by atoms with Crippen molar-refractivity contribution in [1.82, 2.24) is 50.7 Å². The van der Waals surface area contributed by atoms with Crippen LogP contribution in [-0.4, -0.2) is 153 Å². The molecule has 0 radical (unpaired) electrons. The molecule has 368 valence electrons. The minimum atomic E-state index is -0.621. The lowest BCUT2D eigenvalue weighted by atomic mass is 9.92. The first-order valence-electron chi connectivity index (χ1n) is 23.6. The highest BCUT2D eigenvalue weighted by molar-refractivity contribution is 5.81. The number of nitrogens with zero attached hydrogens (tertiary/aromatic N) is 10.